The molecule has 8 aromatic rings. The molecule has 0 aliphatic carbocycles. The quantitative estimate of drug-likeness (QED) is 0.0425. The van der Waals surface area contributed by atoms with Crippen molar-refractivity contribution in [3.63, 3.8) is 0 Å². The highest BCUT2D eigenvalue weighted by Gasteiger charge is 2.24. The van der Waals surface area contributed by atoms with Gasteiger partial charge in [0.15, 0.2) is 0 Å². The number of ether oxygens (including phenoxy) is 7. The van der Waals surface area contributed by atoms with Crippen molar-refractivity contribution in [1.29, 1.82) is 10.5 Å². The second-order valence-corrected chi connectivity index (χ2v) is 34.2. The summed E-state index contributed by atoms with van der Waals surface area (Å²) in [6.07, 6.45) is 6.31. The zero-order chi connectivity index (χ0) is 58.7. The number of carbonyl (C=O) groups excluding carboxylic acids is 1. The average molecular weight is 1160 g/mol. The van der Waals surface area contributed by atoms with E-state index in [9.17, 15) is 25.2 Å². The van der Waals surface area contributed by atoms with Crippen molar-refractivity contribution in [3.8, 4) is 68.7 Å². The van der Waals surface area contributed by atoms with Gasteiger partial charge in [0, 0.05) is 76.9 Å². The molecule has 0 spiro atoms. The maximum absolute atomic E-state index is 12.0. The molecule has 1 N–H and O–H groups in total. The number of aromatic carboxylic acids is 1. The lowest BCUT2D eigenvalue weighted by atomic mass is 10.0. The normalized spacial score (nSPS) is 14.1. The van der Waals surface area contributed by atoms with E-state index in [1.165, 1.54) is 13.4 Å². The predicted octanol–water partition coefficient (Wildman–Crippen LogP) is 12.5. The number of nitriles is 2. The third-order valence-corrected chi connectivity index (χ3v) is 17.9. The fourth-order valence-electron chi connectivity index (χ4n) is 9.75. The summed E-state index contributed by atoms with van der Waals surface area (Å²) in [4.78, 5) is 41.9. The van der Waals surface area contributed by atoms with Gasteiger partial charge in [-0.25, -0.2) is 29.5 Å². The van der Waals surface area contributed by atoms with Gasteiger partial charge in [-0.1, -0.05) is 63.5 Å². The summed E-state index contributed by atoms with van der Waals surface area (Å²) in [6, 6.07) is 35.9. The zero-order valence-corrected chi connectivity index (χ0v) is 50.1. The van der Waals surface area contributed by atoms with Crippen LogP contribution in [0.15, 0.2) is 110 Å². The number of methoxy groups -OCH3 is 1. The first kappa shape index (κ1) is 59.5. The molecule has 2 aliphatic heterocycles. The summed E-state index contributed by atoms with van der Waals surface area (Å²) in [5, 5.41) is 30.9. The fraction of sp³-hybridized carbons (Fsp3) is 0.365. The minimum Gasteiger partial charge on any atom is -0.489 e. The molecule has 2 saturated heterocycles. The monoisotopic (exact) mass is 1150 g/mol. The first-order valence-electron chi connectivity index (χ1n) is 27.9. The maximum Gasteiger partial charge on any atom is 0.337 e. The van der Waals surface area contributed by atoms with Gasteiger partial charge < -0.3 is 47.4 Å². The van der Waals surface area contributed by atoms with E-state index in [0.717, 1.165) is 87.8 Å². The van der Waals surface area contributed by atoms with Gasteiger partial charge in [-0.15, -0.1) is 0 Å². The Morgan fingerprint density at radius 3 is 1.35 bits per heavy atom. The SMILES string of the molecule is COC(=O)c1ccc(-c2cc3c(-c4ccc(OC5CCOCC5)c(C#N)c4)ncnc3n2COCC[Si](C)(C)C)cc1.C[Si](C)(C)CCOCn1c(-c2ccc(C(=O)O)cc2)cc2c(-c3ccc(OC4CCOCC4)c(C#N)c3)ncnc21. The van der Waals surface area contributed by atoms with Crippen LogP contribution >= 0.6 is 0 Å². The molecule has 0 unspecified atom stereocenters. The van der Waals surface area contributed by atoms with E-state index in [-0.39, 0.29) is 23.7 Å². The van der Waals surface area contributed by atoms with Crippen molar-refractivity contribution in [3.05, 3.63) is 132 Å². The van der Waals surface area contributed by atoms with Crippen molar-refractivity contribution in [1.82, 2.24) is 29.1 Å². The maximum atomic E-state index is 12.0. The number of hydrogen-bond acceptors (Lipinski definition) is 15. The van der Waals surface area contributed by atoms with E-state index in [1.54, 1.807) is 48.8 Å². The highest BCUT2D eigenvalue weighted by atomic mass is 28.3. The van der Waals surface area contributed by atoms with Gasteiger partial charge in [0.25, 0.3) is 0 Å². The van der Waals surface area contributed by atoms with Crippen molar-refractivity contribution in [2.24, 2.45) is 0 Å². The van der Waals surface area contributed by atoms with Crippen LogP contribution in [0, 0.1) is 22.7 Å². The van der Waals surface area contributed by atoms with Gasteiger partial charge in [-0.2, -0.15) is 10.5 Å². The van der Waals surface area contributed by atoms with Gasteiger partial charge in [0.05, 0.1) is 78.6 Å². The number of esters is 1. The minimum absolute atomic E-state index is 0.0255. The summed E-state index contributed by atoms with van der Waals surface area (Å²) >= 11 is 0. The Morgan fingerprint density at radius 2 is 0.976 bits per heavy atom. The number of benzene rings is 4. The Bertz CT molecular complexity index is 3660. The molecule has 10 rings (SSSR count). The van der Waals surface area contributed by atoms with Gasteiger partial charge in [-0.3, -0.25) is 0 Å². The number of aromatic nitrogens is 6. The van der Waals surface area contributed by atoms with Crippen LogP contribution in [-0.2, 0) is 37.1 Å². The topological polar surface area (TPSA) is 228 Å². The molecule has 6 heterocycles. The largest absolute Gasteiger partial charge is 0.489 e. The third-order valence-electron chi connectivity index (χ3n) is 14.5. The molecule has 0 amide bonds. The summed E-state index contributed by atoms with van der Waals surface area (Å²) < 4.78 is 44.4. The molecule has 0 saturated carbocycles. The Morgan fingerprint density at radius 1 is 0.578 bits per heavy atom. The van der Waals surface area contributed by atoms with Crippen molar-refractivity contribution >= 4 is 50.2 Å². The number of rotatable bonds is 20. The highest BCUT2D eigenvalue weighted by molar-refractivity contribution is 6.76. The number of fused-ring (bicyclic) bond motifs is 2. The number of carbonyl (C=O) groups is 2. The van der Waals surface area contributed by atoms with Crippen LogP contribution in [0.1, 0.15) is 57.5 Å². The molecule has 4 aromatic heterocycles. The number of hydrogen-bond donors (Lipinski definition) is 1. The fourth-order valence-corrected chi connectivity index (χ4v) is 11.3. The highest BCUT2D eigenvalue weighted by Crippen LogP contribution is 2.37. The first-order chi connectivity index (χ1) is 40.0. The lowest BCUT2D eigenvalue weighted by molar-refractivity contribution is 0.0252. The van der Waals surface area contributed by atoms with Crippen molar-refractivity contribution in [2.75, 3.05) is 46.8 Å². The molecule has 0 atom stereocenters. The van der Waals surface area contributed by atoms with Crippen LogP contribution in [0.5, 0.6) is 11.5 Å². The lowest BCUT2D eigenvalue weighted by Gasteiger charge is -2.23. The van der Waals surface area contributed by atoms with E-state index >= 15 is 0 Å². The Hall–Kier alpha value is -8.09. The molecule has 430 valence electrons. The van der Waals surface area contributed by atoms with Gasteiger partial charge in [0.2, 0.25) is 0 Å². The van der Waals surface area contributed by atoms with E-state index in [1.807, 2.05) is 63.7 Å². The summed E-state index contributed by atoms with van der Waals surface area (Å²) in [6.45, 7) is 18.5. The van der Waals surface area contributed by atoms with Crippen LogP contribution in [-0.4, -0.2) is 121 Å². The van der Waals surface area contributed by atoms with E-state index in [4.69, 9.17) is 33.2 Å². The van der Waals surface area contributed by atoms with Crippen LogP contribution in [0.25, 0.3) is 67.1 Å². The van der Waals surface area contributed by atoms with Gasteiger partial charge >= 0.3 is 11.9 Å². The number of nitrogens with zero attached hydrogens (tertiary/aromatic N) is 8. The van der Waals surface area contributed by atoms with Crippen molar-refractivity contribution in [2.45, 2.75) is 103 Å². The smallest absolute Gasteiger partial charge is 0.337 e. The zero-order valence-electron chi connectivity index (χ0n) is 48.1. The molecule has 0 bridgehead atoms. The first-order valence-corrected chi connectivity index (χ1v) is 35.4. The summed E-state index contributed by atoms with van der Waals surface area (Å²) in [5.41, 5.74) is 9.45. The summed E-state index contributed by atoms with van der Waals surface area (Å²) in [5.74, 6) is -0.237. The molecule has 18 nitrogen and oxygen atoms in total. The van der Waals surface area contributed by atoms with Crippen molar-refractivity contribution < 1.29 is 47.9 Å². The molecule has 2 fully saturated rings. The second-order valence-electron chi connectivity index (χ2n) is 23.0. The number of carboxylic acids is 1. The molecule has 83 heavy (non-hydrogen) atoms. The molecule has 4 aromatic carbocycles. The molecule has 0 radical (unpaired) electrons. The Balaban J connectivity index is 0.000000200. The molecule has 2 aliphatic rings. The molecular weight excluding hydrogens is 1080 g/mol. The van der Waals surface area contributed by atoms with E-state index in [0.29, 0.717) is 98.3 Å². The number of carboxylic acid groups (broad SMARTS) is 1. The van der Waals surface area contributed by atoms with Gasteiger partial charge in [-0.05, 0) is 96.0 Å². The standard InChI is InChI=1S/C32H36N4O5Si.C31H34N4O5Si/c1-38-32(37)23-7-5-22(6-8-23)28-18-27-30(34-20-35-31(27)36(28)21-40-15-16-42(2,3)4)24-9-10-29(25(17-24)19-33)41-26-11-13-39-14-12-26;1-41(2,3)15-14-39-20-35-27(21-4-6-22(7-5-21)31(36)37)17-26-29(33-19-34-30(26)35)23-8-9-28(24(16-23)18-32)40-25-10-12-38-13-11-25/h5-10,17-18,20,26H,11-16,21H2,1-4H3;4-9,16-17,19,25H,10-15,20H2,1-3H3,(H,36,37). The van der Waals surface area contributed by atoms with Crippen LogP contribution in [0.3, 0.4) is 0 Å². The predicted molar refractivity (Wildman–Crippen MR) is 322 cm³/mol. The minimum atomic E-state index is -1.27. The Kier molecular flexibility index (Phi) is 19.3. The molecule has 20 heteroatoms. The van der Waals surface area contributed by atoms with Crippen LogP contribution in [0.2, 0.25) is 51.4 Å². The third kappa shape index (κ3) is 14.9. The van der Waals surface area contributed by atoms with E-state index < -0.39 is 22.1 Å². The van der Waals surface area contributed by atoms with E-state index in [2.05, 4.69) is 71.4 Å². The summed E-state index contributed by atoms with van der Waals surface area (Å²) in [7, 11) is -1.16. The lowest BCUT2D eigenvalue weighted by Crippen LogP contribution is -2.26. The van der Waals surface area contributed by atoms with Gasteiger partial charge in [0.1, 0.15) is 73.3 Å². The van der Waals surface area contributed by atoms with Crippen LogP contribution in [0.4, 0.5) is 0 Å². The second kappa shape index (κ2) is 26.9. The molecular formula is C63H70N8O10Si2. The Labute approximate surface area is 485 Å². The average Bonchev–Trinajstić information content (AvgIpc) is 2.38. The van der Waals surface area contributed by atoms with Crippen LogP contribution < -0.4 is 9.47 Å².